The molecule has 0 amide bonds. The maximum Gasteiger partial charge on any atom is 0.416 e. The average Bonchev–Trinajstić information content (AvgIpc) is 2.38. The molecule has 0 aliphatic heterocycles. The molecule has 0 saturated heterocycles. The standard InChI is InChI=1S/C14H10F4O/c15-12-8-10(14(16,17)18)6-7-11(12)13(19)9-4-2-1-3-5-9/h1-8,13,19H. The van der Waals surface area contributed by atoms with E-state index >= 15 is 0 Å². The van der Waals surface area contributed by atoms with Crippen LogP contribution in [0.15, 0.2) is 48.5 Å². The second-order valence-electron chi connectivity index (χ2n) is 4.05. The van der Waals surface area contributed by atoms with Crippen LogP contribution in [0.25, 0.3) is 0 Å². The summed E-state index contributed by atoms with van der Waals surface area (Å²) in [6, 6.07) is 10.3. The highest BCUT2D eigenvalue weighted by molar-refractivity contribution is 5.33. The van der Waals surface area contributed by atoms with Gasteiger partial charge in [0.1, 0.15) is 11.9 Å². The van der Waals surface area contributed by atoms with Crippen molar-refractivity contribution >= 4 is 0 Å². The van der Waals surface area contributed by atoms with E-state index in [1.807, 2.05) is 0 Å². The molecule has 5 heteroatoms. The second-order valence-corrected chi connectivity index (χ2v) is 4.05. The van der Waals surface area contributed by atoms with E-state index in [2.05, 4.69) is 0 Å². The molecule has 100 valence electrons. The average molecular weight is 270 g/mol. The predicted octanol–water partition coefficient (Wildman–Crippen LogP) is 3.93. The predicted molar refractivity (Wildman–Crippen MR) is 61.9 cm³/mol. The van der Waals surface area contributed by atoms with E-state index in [0.717, 1.165) is 12.1 Å². The van der Waals surface area contributed by atoms with Crippen LogP contribution in [-0.4, -0.2) is 5.11 Å². The summed E-state index contributed by atoms with van der Waals surface area (Å²) < 4.78 is 50.8. The van der Waals surface area contributed by atoms with Gasteiger partial charge in [-0.25, -0.2) is 4.39 Å². The minimum Gasteiger partial charge on any atom is -0.384 e. The molecule has 0 aliphatic rings. The summed E-state index contributed by atoms with van der Waals surface area (Å²) in [7, 11) is 0. The van der Waals surface area contributed by atoms with Crippen LogP contribution in [0.3, 0.4) is 0 Å². The third kappa shape index (κ3) is 2.93. The van der Waals surface area contributed by atoms with Crippen LogP contribution < -0.4 is 0 Å². The van der Waals surface area contributed by atoms with Gasteiger partial charge in [0.15, 0.2) is 0 Å². The van der Waals surface area contributed by atoms with Gasteiger partial charge in [0, 0.05) is 5.56 Å². The molecule has 0 aliphatic carbocycles. The maximum absolute atomic E-state index is 13.7. The van der Waals surface area contributed by atoms with Crippen molar-refractivity contribution in [1.82, 2.24) is 0 Å². The van der Waals surface area contributed by atoms with E-state index in [-0.39, 0.29) is 5.56 Å². The number of aliphatic hydroxyl groups excluding tert-OH is 1. The lowest BCUT2D eigenvalue weighted by Gasteiger charge is -2.14. The van der Waals surface area contributed by atoms with Crippen molar-refractivity contribution in [2.45, 2.75) is 12.3 Å². The van der Waals surface area contributed by atoms with Crippen LogP contribution in [0, 0.1) is 5.82 Å². The van der Waals surface area contributed by atoms with Gasteiger partial charge in [-0.1, -0.05) is 36.4 Å². The third-order valence-corrected chi connectivity index (χ3v) is 2.74. The molecule has 0 spiro atoms. The molecule has 0 bridgehead atoms. The van der Waals surface area contributed by atoms with Crippen molar-refractivity contribution in [3.05, 3.63) is 71.0 Å². The zero-order chi connectivity index (χ0) is 14.0. The van der Waals surface area contributed by atoms with Gasteiger partial charge in [0.25, 0.3) is 0 Å². The fourth-order valence-corrected chi connectivity index (χ4v) is 1.74. The Morgan fingerprint density at radius 2 is 1.58 bits per heavy atom. The highest BCUT2D eigenvalue weighted by atomic mass is 19.4. The topological polar surface area (TPSA) is 20.2 Å². The number of benzene rings is 2. The molecule has 2 aromatic rings. The Hall–Kier alpha value is -1.88. The highest BCUT2D eigenvalue weighted by Crippen LogP contribution is 2.32. The number of alkyl halides is 3. The number of aliphatic hydroxyl groups is 1. The van der Waals surface area contributed by atoms with E-state index in [4.69, 9.17) is 0 Å². The summed E-state index contributed by atoms with van der Waals surface area (Å²) in [5, 5.41) is 9.95. The van der Waals surface area contributed by atoms with Crippen molar-refractivity contribution in [2.75, 3.05) is 0 Å². The molecular formula is C14H10F4O. The molecule has 1 unspecified atom stereocenters. The van der Waals surface area contributed by atoms with Gasteiger partial charge < -0.3 is 5.11 Å². The first-order chi connectivity index (χ1) is 8.89. The van der Waals surface area contributed by atoms with Gasteiger partial charge in [0.2, 0.25) is 0 Å². The molecule has 1 atom stereocenters. The zero-order valence-electron chi connectivity index (χ0n) is 9.66. The van der Waals surface area contributed by atoms with E-state index in [9.17, 15) is 22.7 Å². The Kier molecular flexibility index (Phi) is 3.57. The normalized spacial score (nSPS) is 13.3. The van der Waals surface area contributed by atoms with E-state index < -0.39 is 23.7 Å². The number of halogens is 4. The summed E-state index contributed by atoms with van der Waals surface area (Å²) >= 11 is 0. The van der Waals surface area contributed by atoms with Crippen molar-refractivity contribution in [2.24, 2.45) is 0 Å². The Morgan fingerprint density at radius 3 is 2.11 bits per heavy atom. The van der Waals surface area contributed by atoms with Gasteiger partial charge in [-0.05, 0) is 17.7 Å². The Morgan fingerprint density at radius 1 is 0.947 bits per heavy atom. The third-order valence-electron chi connectivity index (χ3n) is 2.74. The highest BCUT2D eigenvalue weighted by Gasteiger charge is 2.31. The minimum atomic E-state index is -4.60. The Labute approximate surface area is 107 Å². The van der Waals surface area contributed by atoms with Crippen LogP contribution in [-0.2, 0) is 6.18 Å². The van der Waals surface area contributed by atoms with Crippen molar-refractivity contribution in [3.63, 3.8) is 0 Å². The summed E-state index contributed by atoms with van der Waals surface area (Å²) in [6.07, 6.45) is -5.89. The molecule has 0 aromatic heterocycles. The molecule has 1 N–H and O–H groups in total. The first-order valence-electron chi connectivity index (χ1n) is 5.49. The molecule has 0 heterocycles. The molecule has 2 aromatic carbocycles. The molecule has 2 rings (SSSR count). The smallest absolute Gasteiger partial charge is 0.384 e. The zero-order valence-corrected chi connectivity index (χ0v) is 9.66. The summed E-state index contributed by atoms with van der Waals surface area (Å²) in [4.78, 5) is 0. The first-order valence-corrected chi connectivity index (χ1v) is 5.49. The van der Waals surface area contributed by atoms with Crippen LogP contribution in [0.2, 0.25) is 0 Å². The van der Waals surface area contributed by atoms with Crippen molar-refractivity contribution in [1.29, 1.82) is 0 Å². The molecular weight excluding hydrogens is 260 g/mol. The van der Waals surface area contributed by atoms with Gasteiger partial charge >= 0.3 is 6.18 Å². The lowest BCUT2D eigenvalue weighted by Crippen LogP contribution is -2.08. The fourth-order valence-electron chi connectivity index (χ4n) is 1.74. The van der Waals surface area contributed by atoms with Crippen LogP contribution in [0.1, 0.15) is 22.8 Å². The number of hydrogen-bond acceptors (Lipinski definition) is 1. The Bertz CT molecular complexity index is 563. The number of rotatable bonds is 2. The first kappa shape index (κ1) is 13.5. The van der Waals surface area contributed by atoms with E-state index in [1.54, 1.807) is 30.3 Å². The monoisotopic (exact) mass is 270 g/mol. The lowest BCUT2D eigenvalue weighted by molar-refractivity contribution is -0.137. The van der Waals surface area contributed by atoms with E-state index in [0.29, 0.717) is 11.6 Å². The molecule has 19 heavy (non-hydrogen) atoms. The van der Waals surface area contributed by atoms with Crippen LogP contribution in [0.4, 0.5) is 17.6 Å². The lowest BCUT2D eigenvalue weighted by atomic mass is 10.00. The fraction of sp³-hybridized carbons (Fsp3) is 0.143. The summed E-state index contributed by atoms with van der Waals surface area (Å²) in [5.41, 5.74) is -0.839. The summed E-state index contributed by atoms with van der Waals surface area (Å²) in [5.74, 6) is -1.08. The maximum atomic E-state index is 13.7. The molecule has 1 nitrogen and oxygen atoms in total. The van der Waals surface area contributed by atoms with Gasteiger partial charge in [-0.15, -0.1) is 0 Å². The summed E-state index contributed by atoms with van der Waals surface area (Å²) in [6.45, 7) is 0. The second kappa shape index (κ2) is 5.01. The van der Waals surface area contributed by atoms with E-state index in [1.165, 1.54) is 0 Å². The number of hydrogen-bond donors (Lipinski definition) is 1. The van der Waals surface area contributed by atoms with Crippen molar-refractivity contribution in [3.8, 4) is 0 Å². The van der Waals surface area contributed by atoms with Gasteiger partial charge in [-0.3, -0.25) is 0 Å². The van der Waals surface area contributed by atoms with Crippen molar-refractivity contribution < 1.29 is 22.7 Å². The minimum absolute atomic E-state index is 0.181. The largest absolute Gasteiger partial charge is 0.416 e. The van der Waals surface area contributed by atoms with Gasteiger partial charge in [0.05, 0.1) is 5.56 Å². The quantitative estimate of drug-likeness (QED) is 0.820. The molecule has 0 fully saturated rings. The van der Waals surface area contributed by atoms with Crippen LogP contribution in [0.5, 0.6) is 0 Å². The van der Waals surface area contributed by atoms with Gasteiger partial charge in [-0.2, -0.15) is 13.2 Å². The Balaban J connectivity index is 2.37. The molecule has 0 radical (unpaired) electrons. The molecule has 0 saturated carbocycles. The van der Waals surface area contributed by atoms with Crippen LogP contribution >= 0.6 is 0 Å². The SMILES string of the molecule is OC(c1ccccc1)c1ccc(C(F)(F)F)cc1F.